The van der Waals surface area contributed by atoms with E-state index in [9.17, 15) is 10.1 Å². The minimum Gasteiger partial charge on any atom is -0.423 e. The zero-order valence-corrected chi connectivity index (χ0v) is 15.4. The maximum absolute atomic E-state index is 12.1. The van der Waals surface area contributed by atoms with Crippen molar-refractivity contribution in [3.8, 4) is 6.07 Å². The number of piperazine rings is 1. The van der Waals surface area contributed by atoms with Crippen LogP contribution < -0.4 is 10.5 Å². The average molecular weight is 395 g/mol. The van der Waals surface area contributed by atoms with E-state index < -0.39 is 5.56 Å². The number of aromatic nitrogens is 3. The van der Waals surface area contributed by atoms with E-state index in [1.165, 1.54) is 10.9 Å². The van der Waals surface area contributed by atoms with Crippen LogP contribution in [-0.4, -0.2) is 45.8 Å². The molecule has 0 bridgehead atoms. The molecule has 136 valence electrons. The highest BCUT2D eigenvalue weighted by Crippen LogP contribution is 2.41. The Kier molecular flexibility index (Phi) is 4.61. The molecule has 0 spiro atoms. The van der Waals surface area contributed by atoms with Crippen molar-refractivity contribution in [2.75, 3.05) is 31.1 Å². The molecule has 10 heteroatoms. The molecular weight excluding hydrogens is 379 g/mol. The first kappa shape index (κ1) is 17.3. The predicted molar refractivity (Wildman–Crippen MR) is 95.5 cm³/mol. The van der Waals surface area contributed by atoms with Crippen LogP contribution in [0.15, 0.2) is 15.4 Å². The lowest BCUT2D eigenvalue weighted by Gasteiger charge is -2.34. The van der Waals surface area contributed by atoms with Gasteiger partial charge >= 0.3 is 0 Å². The highest BCUT2D eigenvalue weighted by Gasteiger charge is 2.32. The Labute approximate surface area is 159 Å². The van der Waals surface area contributed by atoms with Crippen molar-refractivity contribution in [2.24, 2.45) is 0 Å². The topological polar surface area (TPSA) is 91.2 Å². The van der Waals surface area contributed by atoms with Crippen LogP contribution >= 0.6 is 23.2 Å². The van der Waals surface area contributed by atoms with E-state index in [2.05, 4.69) is 21.1 Å². The Hall–Kier alpha value is -2.08. The van der Waals surface area contributed by atoms with Crippen LogP contribution in [0.3, 0.4) is 0 Å². The largest absolute Gasteiger partial charge is 0.423 e. The molecule has 8 nitrogen and oxygen atoms in total. The van der Waals surface area contributed by atoms with Gasteiger partial charge in [0, 0.05) is 32.1 Å². The van der Waals surface area contributed by atoms with Gasteiger partial charge in [0.25, 0.3) is 5.56 Å². The molecule has 0 radical (unpaired) electrons. The maximum atomic E-state index is 12.1. The summed E-state index contributed by atoms with van der Waals surface area (Å²) >= 11 is 11.7. The molecule has 2 fully saturated rings. The number of anilines is 1. The minimum atomic E-state index is -0.405. The van der Waals surface area contributed by atoms with Gasteiger partial charge in [-0.15, -0.1) is 0 Å². The summed E-state index contributed by atoms with van der Waals surface area (Å²) in [5.74, 6) is 1.59. The molecule has 0 atom stereocenters. The highest BCUT2D eigenvalue weighted by molar-refractivity contribution is 6.41. The van der Waals surface area contributed by atoms with E-state index in [1.54, 1.807) is 0 Å². The smallest absolute Gasteiger partial charge is 0.288 e. The van der Waals surface area contributed by atoms with E-state index in [0.717, 1.165) is 12.8 Å². The molecule has 4 rings (SSSR count). The second-order valence-corrected chi connectivity index (χ2v) is 7.23. The Morgan fingerprint density at radius 3 is 2.65 bits per heavy atom. The third-order valence-electron chi connectivity index (χ3n) is 4.59. The van der Waals surface area contributed by atoms with Gasteiger partial charge in [-0.2, -0.15) is 10.4 Å². The summed E-state index contributed by atoms with van der Waals surface area (Å²) in [6.45, 7) is 3.06. The van der Waals surface area contributed by atoms with Crippen LogP contribution in [0.1, 0.15) is 30.3 Å². The minimum absolute atomic E-state index is 0.0202. The molecule has 0 aromatic carbocycles. The van der Waals surface area contributed by atoms with E-state index >= 15 is 0 Å². The van der Waals surface area contributed by atoms with Crippen molar-refractivity contribution >= 4 is 29.1 Å². The van der Waals surface area contributed by atoms with Gasteiger partial charge in [-0.3, -0.25) is 9.69 Å². The van der Waals surface area contributed by atoms with Gasteiger partial charge in [0.1, 0.15) is 11.1 Å². The fourth-order valence-electron chi connectivity index (χ4n) is 2.95. The zero-order valence-electron chi connectivity index (χ0n) is 13.9. The first-order valence-corrected chi connectivity index (χ1v) is 9.11. The highest BCUT2D eigenvalue weighted by atomic mass is 35.5. The van der Waals surface area contributed by atoms with Gasteiger partial charge in [-0.05, 0) is 12.8 Å². The number of oxazole rings is 1. The SMILES string of the molecule is N#Cc1nc(C2CC2)oc1N1CCN(Cn2ncc(Cl)c(Cl)c2=O)CC1. The van der Waals surface area contributed by atoms with Crippen LogP contribution in [-0.2, 0) is 6.67 Å². The Morgan fingerprint density at radius 2 is 2.00 bits per heavy atom. The Bertz CT molecular complexity index is 922. The molecular formula is C16H16Cl2N6O2. The second kappa shape index (κ2) is 6.91. The normalized spacial score (nSPS) is 18.1. The van der Waals surface area contributed by atoms with Gasteiger partial charge < -0.3 is 9.32 Å². The van der Waals surface area contributed by atoms with Crippen LogP contribution in [0.5, 0.6) is 0 Å². The van der Waals surface area contributed by atoms with Crippen molar-refractivity contribution in [2.45, 2.75) is 25.4 Å². The molecule has 26 heavy (non-hydrogen) atoms. The lowest BCUT2D eigenvalue weighted by molar-refractivity contribution is 0.189. The lowest BCUT2D eigenvalue weighted by atomic mass is 10.3. The number of hydrogen-bond donors (Lipinski definition) is 0. The monoisotopic (exact) mass is 394 g/mol. The number of nitrogens with zero attached hydrogens (tertiary/aromatic N) is 6. The van der Waals surface area contributed by atoms with Gasteiger partial charge in [0.15, 0.2) is 0 Å². The number of hydrogen-bond acceptors (Lipinski definition) is 7. The lowest BCUT2D eigenvalue weighted by Crippen LogP contribution is -2.48. The van der Waals surface area contributed by atoms with E-state index in [1.807, 2.05) is 4.90 Å². The van der Waals surface area contributed by atoms with Crippen LogP contribution in [0.25, 0.3) is 0 Å². The number of halogens is 2. The molecule has 2 aromatic rings. The molecule has 1 saturated carbocycles. The summed E-state index contributed by atoms with van der Waals surface area (Å²) in [5, 5.41) is 13.5. The first-order valence-electron chi connectivity index (χ1n) is 8.36. The van der Waals surface area contributed by atoms with E-state index in [0.29, 0.717) is 56.2 Å². The molecule has 0 amide bonds. The van der Waals surface area contributed by atoms with Crippen molar-refractivity contribution in [3.63, 3.8) is 0 Å². The molecule has 0 unspecified atom stereocenters. The van der Waals surface area contributed by atoms with Crippen molar-refractivity contribution in [1.82, 2.24) is 19.7 Å². The molecule has 2 aliphatic rings. The zero-order chi connectivity index (χ0) is 18.3. The summed E-state index contributed by atoms with van der Waals surface area (Å²) in [5.41, 5.74) is -0.0552. The van der Waals surface area contributed by atoms with Crippen molar-refractivity contribution in [3.05, 3.63) is 38.2 Å². The van der Waals surface area contributed by atoms with Gasteiger partial charge in [-0.1, -0.05) is 23.2 Å². The molecule has 2 aromatic heterocycles. The summed E-state index contributed by atoms with van der Waals surface area (Å²) in [4.78, 5) is 20.5. The Morgan fingerprint density at radius 1 is 1.27 bits per heavy atom. The first-order chi connectivity index (χ1) is 12.6. The van der Waals surface area contributed by atoms with Gasteiger partial charge in [0.2, 0.25) is 17.5 Å². The fourth-order valence-corrected chi connectivity index (χ4v) is 3.22. The van der Waals surface area contributed by atoms with Gasteiger partial charge in [-0.25, -0.2) is 9.67 Å². The quantitative estimate of drug-likeness (QED) is 0.783. The number of nitriles is 1. The van der Waals surface area contributed by atoms with E-state index in [4.69, 9.17) is 27.6 Å². The maximum Gasteiger partial charge on any atom is 0.288 e. The fraction of sp³-hybridized carbons (Fsp3) is 0.500. The van der Waals surface area contributed by atoms with Crippen LogP contribution in [0.2, 0.25) is 10.0 Å². The molecule has 3 heterocycles. The summed E-state index contributed by atoms with van der Waals surface area (Å²) in [6, 6.07) is 2.12. The summed E-state index contributed by atoms with van der Waals surface area (Å²) in [7, 11) is 0. The van der Waals surface area contributed by atoms with Crippen molar-refractivity contribution in [1.29, 1.82) is 5.26 Å². The average Bonchev–Trinajstić information content (AvgIpc) is 3.42. The molecule has 0 N–H and O–H groups in total. The predicted octanol–water partition coefficient (Wildman–Crippen LogP) is 2.07. The summed E-state index contributed by atoms with van der Waals surface area (Å²) in [6.07, 6.45) is 3.52. The third kappa shape index (κ3) is 3.30. The molecule has 1 aliphatic carbocycles. The van der Waals surface area contributed by atoms with Crippen LogP contribution in [0.4, 0.5) is 5.88 Å². The molecule has 1 saturated heterocycles. The Balaban J connectivity index is 1.43. The standard InChI is InChI=1S/C16H16Cl2N6O2/c17-11-8-20-24(15(25)13(11)18)9-22-3-5-23(6-4-22)16-12(7-19)21-14(26-16)10-1-2-10/h8,10H,1-6,9H2. The van der Waals surface area contributed by atoms with E-state index in [-0.39, 0.29) is 10.0 Å². The second-order valence-electron chi connectivity index (χ2n) is 6.45. The van der Waals surface area contributed by atoms with Gasteiger partial charge in [0.05, 0.1) is 17.9 Å². The summed E-state index contributed by atoms with van der Waals surface area (Å²) < 4.78 is 7.14. The number of rotatable bonds is 4. The molecule has 1 aliphatic heterocycles. The third-order valence-corrected chi connectivity index (χ3v) is 5.34. The van der Waals surface area contributed by atoms with Crippen molar-refractivity contribution < 1.29 is 4.42 Å². The van der Waals surface area contributed by atoms with Crippen LogP contribution in [0, 0.1) is 11.3 Å².